The molecule has 0 radical (unpaired) electrons. The van der Waals surface area contributed by atoms with Crippen LogP contribution >= 0.6 is 11.6 Å². The number of likely N-dealkylation sites (tertiary alicyclic amines) is 1. The fourth-order valence-electron chi connectivity index (χ4n) is 2.91. The average Bonchev–Trinajstić information content (AvgIpc) is 3.01. The summed E-state index contributed by atoms with van der Waals surface area (Å²) in [6.07, 6.45) is 2.33. The first-order valence-corrected chi connectivity index (χ1v) is 7.54. The van der Waals surface area contributed by atoms with Gasteiger partial charge in [-0.2, -0.15) is 0 Å². The maximum atomic E-state index is 14.0. The standard InChI is InChI=1S/C15H17ClFNO3/c16-10-4-5-11(12(17)9-10)14(19)18-6-2-1-3-13(18)15-20-7-8-21-15/h4-5,9,13,15H,1-3,6-8H2/t13-/m0/s1. The van der Waals surface area contributed by atoms with E-state index in [1.165, 1.54) is 12.1 Å². The molecule has 3 rings (SSSR count). The molecular formula is C15H17ClFNO3. The molecule has 1 aromatic rings. The lowest BCUT2D eigenvalue weighted by atomic mass is 10.00. The second-order valence-electron chi connectivity index (χ2n) is 5.30. The summed E-state index contributed by atoms with van der Waals surface area (Å²) in [5.74, 6) is -0.918. The highest BCUT2D eigenvalue weighted by Crippen LogP contribution is 2.27. The lowest BCUT2D eigenvalue weighted by molar-refractivity contribution is -0.100. The maximum Gasteiger partial charge on any atom is 0.257 e. The normalized spacial score (nSPS) is 23.5. The zero-order valence-corrected chi connectivity index (χ0v) is 12.3. The van der Waals surface area contributed by atoms with E-state index in [1.807, 2.05) is 0 Å². The number of rotatable bonds is 2. The van der Waals surface area contributed by atoms with E-state index in [2.05, 4.69) is 0 Å². The van der Waals surface area contributed by atoms with E-state index < -0.39 is 12.1 Å². The molecular weight excluding hydrogens is 297 g/mol. The molecule has 1 aromatic carbocycles. The highest BCUT2D eigenvalue weighted by molar-refractivity contribution is 6.30. The minimum Gasteiger partial charge on any atom is -0.348 e. The Morgan fingerprint density at radius 3 is 2.76 bits per heavy atom. The third-order valence-electron chi connectivity index (χ3n) is 3.93. The Morgan fingerprint density at radius 2 is 2.05 bits per heavy atom. The van der Waals surface area contributed by atoms with Crippen molar-refractivity contribution < 1.29 is 18.7 Å². The Labute approximate surface area is 127 Å². The van der Waals surface area contributed by atoms with Crippen molar-refractivity contribution in [1.29, 1.82) is 0 Å². The van der Waals surface area contributed by atoms with E-state index in [0.717, 1.165) is 25.3 Å². The van der Waals surface area contributed by atoms with Crippen molar-refractivity contribution in [2.75, 3.05) is 19.8 Å². The third kappa shape index (κ3) is 3.05. The number of halogens is 2. The van der Waals surface area contributed by atoms with Gasteiger partial charge < -0.3 is 14.4 Å². The number of hydrogen-bond donors (Lipinski definition) is 0. The van der Waals surface area contributed by atoms with Crippen molar-refractivity contribution >= 4 is 17.5 Å². The largest absolute Gasteiger partial charge is 0.348 e. The summed E-state index contributed by atoms with van der Waals surface area (Å²) in [5, 5.41) is 0.279. The summed E-state index contributed by atoms with van der Waals surface area (Å²) in [4.78, 5) is 14.3. The Hall–Kier alpha value is -1.17. The molecule has 114 valence electrons. The number of benzene rings is 1. The monoisotopic (exact) mass is 313 g/mol. The molecule has 1 atom stereocenters. The van der Waals surface area contributed by atoms with Crippen molar-refractivity contribution in [3.8, 4) is 0 Å². The Kier molecular flexibility index (Phi) is 4.42. The minimum atomic E-state index is -0.593. The van der Waals surface area contributed by atoms with Gasteiger partial charge in [-0.25, -0.2) is 4.39 Å². The molecule has 2 saturated heterocycles. The van der Waals surface area contributed by atoms with Gasteiger partial charge in [-0.05, 0) is 37.5 Å². The number of carbonyl (C=O) groups is 1. The fourth-order valence-corrected chi connectivity index (χ4v) is 3.07. The molecule has 0 unspecified atom stereocenters. The van der Waals surface area contributed by atoms with Crippen LogP contribution in [0.15, 0.2) is 18.2 Å². The zero-order valence-electron chi connectivity index (χ0n) is 11.6. The molecule has 0 spiro atoms. The smallest absolute Gasteiger partial charge is 0.257 e. The van der Waals surface area contributed by atoms with E-state index >= 15 is 0 Å². The number of piperidine rings is 1. The first-order valence-electron chi connectivity index (χ1n) is 7.16. The predicted molar refractivity (Wildman–Crippen MR) is 75.8 cm³/mol. The molecule has 0 aromatic heterocycles. The van der Waals surface area contributed by atoms with Crippen LogP contribution in [0.25, 0.3) is 0 Å². The van der Waals surface area contributed by atoms with Crippen LogP contribution < -0.4 is 0 Å². The summed E-state index contributed by atoms with van der Waals surface area (Å²) in [5.41, 5.74) is 0.0456. The van der Waals surface area contributed by atoms with Gasteiger partial charge in [0.15, 0.2) is 6.29 Å². The molecule has 2 fully saturated rings. The van der Waals surface area contributed by atoms with Crippen LogP contribution in [0.3, 0.4) is 0 Å². The quantitative estimate of drug-likeness (QED) is 0.843. The summed E-state index contributed by atoms with van der Waals surface area (Å²) in [7, 11) is 0. The zero-order chi connectivity index (χ0) is 14.8. The van der Waals surface area contributed by atoms with Gasteiger partial charge in [-0.1, -0.05) is 11.6 Å². The lowest BCUT2D eigenvalue weighted by Gasteiger charge is -2.38. The topological polar surface area (TPSA) is 38.8 Å². The van der Waals surface area contributed by atoms with Crippen molar-refractivity contribution in [2.24, 2.45) is 0 Å². The van der Waals surface area contributed by atoms with E-state index in [4.69, 9.17) is 21.1 Å². The molecule has 0 bridgehead atoms. The van der Waals surface area contributed by atoms with Crippen LogP contribution in [0.2, 0.25) is 5.02 Å². The molecule has 2 heterocycles. The SMILES string of the molecule is O=C(c1ccc(Cl)cc1F)N1CCCC[C@H]1C1OCCO1. The first kappa shape index (κ1) is 14.8. The summed E-state index contributed by atoms with van der Waals surface area (Å²) in [6.45, 7) is 1.67. The van der Waals surface area contributed by atoms with Gasteiger partial charge in [0.2, 0.25) is 0 Å². The summed E-state index contributed by atoms with van der Waals surface area (Å²) >= 11 is 5.73. The molecule has 0 N–H and O–H groups in total. The second kappa shape index (κ2) is 6.30. The molecule has 1 amide bonds. The Bertz CT molecular complexity index is 534. The van der Waals surface area contributed by atoms with Crippen molar-refractivity contribution in [2.45, 2.75) is 31.6 Å². The lowest BCUT2D eigenvalue weighted by Crippen LogP contribution is -2.50. The molecule has 0 saturated carbocycles. The minimum absolute atomic E-state index is 0.0456. The van der Waals surface area contributed by atoms with Gasteiger partial charge in [0.25, 0.3) is 5.91 Å². The van der Waals surface area contributed by atoms with Gasteiger partial charge >= 0.3 is 0 Å². The van der Waals surface area contributed by atoms with Gasteiger partial charge in [0.1, 0.15) is 5.82 Å². The molecule has 4 nitrogen and oxygen atoms in total. The van der Waals surface area contributed by atoms with Crippen LogP contribution in [0.4, 0.5) is 4.39 Å². The van der Waals surface area contributed by atoms with Gasteiger partial charge in [0, 0.05) is 11.6 Å². The van der Waals surface area contributed by atoms with Crippen LogP contribution in [-0.2, 0) is 9.47 Å². The van der Waals surface area contributed by atoms with Crippen LogP contribution in [-0.4, -0.2) is 42.9 Å². The van der Waals surface area contributed by atoms with Crippen LogP contribution in [0.1, 0.15) is 29.6 Å². The summed E-state index contributed by atoms with van der Waals surface area (Å²) < 4.78 is 25.0. The fraction of sp³-hybridized carbons (Fsp3) is 0.533. The van der Waals surface area contributed by atoms with E-state index in [0.29, 0.717) is 19.8 Å². The average molecular weight is 314 g/mol. The highest BCUT2D eigenvalue weighted by atomic mass is 35.5. The van der Waals surface area contributed by atoms with E-state index in [9.17, 15) is 9.18 Å². The third-order valence-corrected chi connectivity index (χ3v) is 4.17. The second-order valence-corrected chi connectivity index (χ2v) is 5.73. The van der Waals surface area contributed by atoms with E-state index in [1.54, 1.807) is 4.90 Å². The maximum absolute atomic E-state index is 14.0. The number of ether oxygens (including phenoxy) is 2. The summed E-state index contributed by atoms with van der Waals surface area (Å²) in [6, 6.07) is 3.97. The number of hydrogen-bond acceptors (Lipinski definition) is 3. The van der Waals surface area contributed by atoms with Crippen LogP contribution in [0.5, 0.6) is 0 Å². The first-order chi connectivity index (χ1) is 10.2. The van der Waals surface area contributed by atoms with Crippen molar-refractivity contribution in [1.82, 2.24) is 4.90 Å². The van der Waals surface area contributed by atoms with Gasteiger partial charge in [-0.3, -0.25) is 4.79 Å². The Morgan fingerprint density at radius 1 is 1.29 bits per heavy atom. The molecule has 21 heavy (non-hydrogen) atoms. The highest BCUT2D eigenvalue weighted by Gasteiger charge is 2.37. The molecule has 2 aliphatic rings. The molecule has 2 aliphatic heterocycles. The predicted octanol–water partition coefficient (Wildman–Crippen LogP) is 2.85. The Balaban J connectivity index is 1.83. The number of carbonyl (C=O) groups excluding carboxylic acids is 1. The number of nitrogens with zero attached hydrogens (tertiary/aromatic N) is 1. The van der Waals surface area contributed by atoms with Crippen molar-refractivity contribution in [3.05, 3.63) is 34.6 Å². The van der Waals surface area contributed by atoms with Crippen LogP contribution in [0, 0.1) is 5.82 Å². The molecule has 0 aliphatic carbocycles. The van der Waals surface area contributed by atoms with E-state index in [-0.39, 0.29) is 22.5 Å². The number of amides is 1. The van der Waals surface area contributed by atoms with Gasteiger partial charge in [0.05, 0.1) is 24.8 Å². The molecule has 6 heteroatoms. The van der Waals surface area contributed by atoms with Crippen molar-refractivity contribution in [3.63, 3.8) is 0 Å². The van der Waals surface area contributed by atoms with Gasteiger partial charge in [-0.15, -0.1) is 0 Å².